The Morgan fingerprint density at radius 1 is 0.818 bits per heavy atom. The Hall–Kier alpha value is -0.830. The molecule has 0 bridgehead atoms. The van der Waals surface area contributed by atoms with Gasteiger partial charge in [0.05, 0.1) is 0 Å². The van der Waals surface area contributed by atoms with Crippen LogP contribution in [0.3, 0.4) is 0 Å². The van der Waals surface area contributed by atoms with Gasteiger partial charge in [-0.05, 0) is 32.1 Å². The SMILES string of the molecule is CCCCCCCC/C=C/CCCCCCC[C@@H](O)C(=O)O. The molecule has 3 heteroatoms. The van der Waals surface area contributed by atoms with Gasteiger partial charge in [-0.2, -0.15) is 0 Å². The van der Waals surface area contributed by atoms with Gasteiger partial charge in [0.25, 0.3) is 0 Å². The van der Waals surface area contributed by atoms with Gasteiger partial charge < -0.3 is 10.2 Å². The van der Waals surface area contributed by atoms with Crippen molar-refractivity contribution in [2.24, 2.45) is 0 Å². The Morgan fingerprint density at radius 2 is 1.27 bits per heavy atom. The summed E-state index contributed by atoms with van der Waals surface area (Å²) in [5, 5.41) is 17.7. The van der Waals surface area contributed by atoms with Crippen LogP contribution in [-0.2, 0) is 4.79 Å². The molecule has 0 heterocycles. The van der Waals surface area contributed by atoms with E-state index in [1.807, 2.05) is 0 Å². The average Bonchev–Trinajstić information content (AvgIpc) is 2.50. The van der Waals surface area contributed by atoms with Crippen molar-refractivity contribution in [2.45, 2.75) is 103 Å². The minimum atomic E-state index is -1.18. The molecular weight excluding hydrogens is 276 g/mol. The normalized spacial score (nSPS) is 12.8. The number of unbranched alkanes of at least 4 members (excludes halogenated alkanes) is 11. The first-order chi connectivity index (χ1) is 10.7. The highest BCUT2D eigenvalue weighted by molar-refractivity contribution is 5.71. The van der Waals surface area contributed by atoms with Crippen molar-refractivity contribution in [1.29, 1.82) is 0 Å². The van der Waals surface area contributed by atoms with E-state index in [1.165, 1.54) is 57.8 Å². The molecule has 0 aromatic heterocycles. The quantitative estimate of drug-likeness (QED) is 0.293. The van der Waals surface area contributed by atoms with E-state index in [-0.39, 0.29) is 0 Å². The van der Waals surface area contributed by atoms with E-state index in [0.717, 1.165) is 25.7 Å². The van der Waals surface area contributed by atoms with E-state index < -0.39 is 12.1 Å². The van der Waals surface area contributed by atoms with Crippen molar-refractivity contribution in [3.8, 4) is 0 Å². The van der Waals surface area contributed by atoms with E-state index in [9.17, 15) is 4.79 Å². The van der Waals surface area contributed by atoms with Gasteiger partial charge in [-0.15, -0.1) is 0 Å². The van der Waals surface area contributed by atoms with E-state index in [4.69, 9.17) is 10.2 Å². The van der Waals surface area contributed by atoms with Gasteiger partial charge in [-0.3, -0.25) is 0 Å². The number of carbonyl (C=O) groups is 1. The fourth-order valence-electron chi connectivity index (χ4n) is 2.53. The van der Waals surface area contributed by atoms with E-state index >= 15 is 0 Å². The second-order valence-electron chi connectivity index (χ2n) is 6.23. The van der Waals surface area contributed by atoms with Crippen LogP contribution in [0.2, 0.25) is 0 Å². The number of rotatable bonds is 16. The molecule has 0 aliphatic rings. The number of hydrogen-bond acceptors (Lipinski definition) is 2. The summed E-state index contributed by atoms with van der Waals surface area (Å²) in [6, 6.07) is 0. The predicted octanol–water partition coefficient (Wildman–Crippen LogP) is 5.47. The largest absolute Gasteiger partial charge is 0.479 e. The van der Waals surface area contributed by atoms with Crippen LogP contribution in [0.4, 0.5) is 0 Å². The molecule has 0 unspecified atom stereocenters. The number of aliphatic carboxylic acids is 1. The standard InChI is InChI=1S/C19H36O3/c1-2-3-4-5-6-7-8-9-10-11-12-13-14-15-16-17-18(20)19(21)22/h9-10,18,20H,2-8,11-17H2,1H3,(H,21,22)/b10-9+/t18-/m1/s1. The summed E-state index contributed by atoms with van der Waals surface area (Å²) in [5.41, 5.74) is 0. The maximum atomic E-state index is 10.4. The molecule has 130 valence electrons. The molecule has 0 saturated carbocycles. The second-order valence-corrected chi connectivity index (χ2v) is 6.23. The number of aliphatic hydroxyl groups is 1. The lowest BCUT2D eigenvalue weighted by atomic mass is 10.1. The molecular formula is C19H36O3. The van der Waals surface area contributed by atoms with Crippen LogP contribution in [0, 0.1) is 0 Å². The van der Waals surface area contributed by atoms with Gasteiger partial charge in [0.15, 0.2) is 6.10 Å². The highest BCUT2D eigenvalue weighted by Crippen LogP contribution is 2.10. The molecule has 0 radical (unpaired) electrons. The molecule has 1 atom stereocenters. The molecule has 0 aliphatic carbocycles. The van der Waals surface area contributed by atoms with Crippen molar-refractivity contribution < 1.29 is 15.0 Å². The number of aliphatic hydroxyl groups excluding tert-OH is 1. The van der Waals surface area contributed by atoms with Crippen LogP contribution in [0.25, 0.3) is 0 Å². The van der Waals surface area contributed by atoms with E-state index in [1.54, 1.807) is 0 Å². The maximum Gasteiger partial charge on any atom is 0.332 e. The summed E-state index contributed by atoms with van der Waals surface area (Å²) in [6.45, 7) is 2.25. The number of carboxylic acid groups (broad SMARTS) is 1. The van der Waals surface area contributed by atoms with Crippen LogP contribution < -0.4 is 0 Å². The molecule has 22 heavy (non-hydrogen) atoms. The number of hydrogen-bond donors (Lipinski definition) is 2. The van der Waals surface area contributed by atoms with E-state index in [0.29, 0.717) is 6.42 Å². The molecule has 0 saturated heterocycles. The molecule has 3 nitrogen and oxygen atoms in total. The first kappa shape index (κ1) is 21.2. The van der Waals surface area contributed by atoms with Gasteiger partial charge in [0.2, 0.25) is 0 Å². The first-order valence-corrected chi connectivity index (χ1v) is 9.24. The smallest absolute Gasteiger partial charge is 0.332 e. The zero-order chi connectivity index (χ0) is 16.5. The summed E-state index contributed by atoms with van der Waals surface area (Å²) in [4.78, 5) is 10.4. The topological polar surface area (TPSA) is 57.5 Å². The fraction of sp³-hybridized carbons (Fsp3) is 0.842. The van der Waals surface area contributed by atoms with Crippen LogP contribution in [0.1, 0.15) is 96.8 Å². The monoisotopic (exact) mass is 312 g/mol. The summed E-state index contributed by atoms with van der Waals surface area (Å²) < 4.78 is 0. The fourth-order valence-corrected chi connectivity index (χ4v) is 2.53. The number of carboxylic acids is 1. The van der Waals surface area contributed by atoms with E-state index in [2.05, 4.69) is 19.1 Å². The Labute approximate surface area is 136 Å². The van der Waals surface area contributed by atoms with Crippen LogP contribution >= 0.6 is 0 Å². The lowest BCUT2D eigenvalue weighted by Gasteiger charge is -2.04. The lowest BCUT2D eigenvalue weighted by Crippen LogP contribution is -2.18. The Bertz CT molecular complexity index is 274. The maximum absolute atomic E-state index is 10.4. The van der Waals surface area contributed by atoms with Crippen molar-refractivity contribution >= 4 is 5.97 Å². The molecule has 2 N–H and O–H groups in total. The number of allylic oxidation sites excluding steroid dienone is 2. The Kier molecular flexibility index (Phi) is 15.9. The molecule has 0 aromatic rings. The third-order valence-corrected chi connectivity index (χ3v) is 4.02. The minimum absolute atomic E-state index is 0.382. The third kappa shape index (κ3) is 15.6. The molecule has 0 aliphatic heterocycles. The lowest BCUT2D eigenvalue weighted by molar-refractivity contribution is -0.146. The predicted molar refractivity (Wildman–Crippen MR) is 93.1 cm³/mol. The third-order valence-electron chi connectivity index (χ3n) is 4.02. The van der Waals surface area contributed by atoms with Gasteiger partial charge >= 0.3 is 5.97 Å². The van der Waals surface area contributed by atoms with Crippen molar-refractivity contribution in [3.05, 3.63) is 12.2 Å². The zero-order valence-electron chi connectivity index (χ0n) is 14.4. The van der Waals surface area contributed by atoms with Crippen molar-refractivity contribution in [3.63, 3.8) is 0 Å². The second kappa shape index (κ2) is 16.5. The van der Waals surface area contributed by atoms with Crippen LogP contribution in [-0.4, -0.2) is 22.3 Å². The molecule has 0 rings (SSSR count). The summed E-state index contributed by atoms with van der Waals surface area (Å²) in [5.74, 6) is -1.10. The molecule has 0 amide bonds. The molecule has 0 aromatic carbocycles. The van der Waals surface area contributed by atoms with Crippen molar-refractivity contribution in [1.82, 2.24) is 0 Å². The Morgan fingerprint density at radius 3 is 1.77 bits per heavy atom. The average molecular weight is 312 g/mol. The van der Waals surface area contributed by atoms with Crippen LogP contribution in [0.15, 0.2) is 12.2 Å². The highest BCUT2D eigenvalue weighted by Gasteiger charge is 2.11. The van der Waals surface area contributed by atoms with Gasteiger partial charge in [-0.25, -0.2) is 4.79 Å². The highest BCUT2D eigenvalue weighted by atomic mass is 16.4. The molecule has 0 spiro atoms. The van der Waals surface area contributed by atoms with Gasteiger partial charge in [0.1, 0.15) is 0 Å². The Balaban J connectivity index is 3.16. The first-order valence-electron chi connectivity index (χ1n) is 9.24. The summed E-state index contributed by atoms with van der Waals surface area (Å²) in [6.07, 6.45) is 19.8. The minimum Gasteiger partial charge on any atom is -0.479 e. The van der Waals surface area contributed by atoms with Crippen LogP contribution in [0.5, 0.6) is 0 Å². The summed E-state index contributed by atoms with van der Waals surface area (Å²) in [7, 11) is 0. The van der Waals surface area contributed by atoms with Gasteiger partial charge in [0, 0.05) is 0 Å². The van der Waals surface area contributed by atoms with Gasteiger partial charge in [-0.1, -0.05) is 76.9 Å². The molecule has 0 fully saturated rings. The van der Waals surface area contributed by atoms with Crippen molar-refractivity contribution in [2.75, 3.05) is 0 Å². The zero-order valence-corrected chi connectivity index (χ0v) is 14.4. The summed E-state index contributed by atoms with van der Waals surface area (Å²) >= 11 is 0.